The fourth-order valence-corrected chi connectivity index (χ4v) is 4.04. The number of carbonyl (C=O) groups excluding carboxylic acids is 2. The van der Waals surface area contributed by atoms with Crippen LogP contribution in [0.3, 0.4) is 0 Å². The summed E-state index contributed by atoms with van der Waals surface area (Å²) in [6.45, 7) is 12.1. The molecular formula is C25H51Br2N3O4. The van der Waals surface area contributed by atoms with Crippen molar-refractivity contribution < 1.29 is 62.0 Å². The molecule has 0 aromatic rings. The molecular weight excluding hydrogens is 566 g/mol. The monoisotopic (exact) mass is 615 g/mol. The number of quaternary nitrogens is 2. The second-order valence-corrected chi connectivity index (χ2v) is 10.4. The molecule has 0 amide bonds. The zero-order valence-corrected chi connectivity index (χ0v) is 25.6. The third kappa shape index (κ3) is 17.2. The molecule has 9 heteroatoms. The number of halogens is 2. The van der Waals surface area contributed by atoms with E-state index in [2.05, 4.69) is 39.9 Å². The molecule has 34 heavy (non-hydrogen) atoms. The normalized spacial score (nSPS) is 15.7. The molecule has 7 nitrogen and oxygen atoms in total. The van der Waals surface area contributed by atoms with E-state index < -0.39 is 0 Å². The lowest BCUT2D eigenvalue weighted by molar-refractivity contribution is -0.907. The first-order chi connectivity index (χ1) is 15.2. The van der Waals surface area contributed by atoms with Crippen molar-refractivity contribution in [3.05, 3.63) is 0 Å². The summed E-state index contributed by atoms with van der Waals surface area (Å²) < 4.78 is 12.3. The van der Waals surface area contributed by atoms with Crippen LogP contribution in [0.15, 0.2) is 0 Å². The van der Waals surface area contributed by atoms with Crippen molar-refractivity contribution >= 4 is 11.9 Å². The Labute approximate surface area is 230 Å². The largest absolute Gasteiger partial charge is 1.00 e. The van der Waals surface area contributed by atoms with Gasteiger partial charge in [0, 0.05) is 19.6 Å². The van der Waals surface area contributed by atoms with Crippen LogP contribution in [0.5, 0.6) is 0 Å². The molecule has 1 heterocycles. The minimum Gasteiger partial charge on any atom is -1.00 e. The van der Waals surface area contributed by atoms with Gasteiger partial charge in [-0.3, -0.25) is 4.90 Å². The lowest BCUT2D eigenvalue weighted by Gasteiger charge is -2.42. The Kier molecular flexibility index (Phi) is 21.0. The van der Waals surface area contributed by atoms with Crippen LogP contribution in [0, 0.1) is 0 Å². The van der Waals surface area contributed by atoms with Crippen LogP contribution < -0.4 is 34.0 Å². The molecule has 0 aromatic heterocycles. The number of piperazine rings is 1. The van der Waals surface area contributed by atoms with E-state index in [9.17, 15) is 9.59 Å². The van der Waals surface area contributed by atoms with Crippen molar-refractivity contribution in [1.82, 2.24) is 4.90 Å². The fraction of sp³-hybridized carbons (Fsp3) is 0.920. The van der Waals surface area contributed by atoms with Crippen molar-refractivity contribution in [1.29, 1.82) is 0 Å². The van der Waals surface area contributed by atoms with Gasteiger partial charge in [-0.25, -0.2) is 9.59 Å². The number of nitrogens with zero attached hydrogens (tertiary/aromatic N) is 3. The molecule has 0 bridgehead atoms. The minimum atomic E-state index is -0.0948. The van der Waals surface area contributed by atoms with Gasteiger partial charge in [0.2, 0.25) is 0 Å². The average Bonchev–Trinajstić information content (AvgIpc) is 2.72. The number of hydrogen-bond acceptors (Lipinski definition) is 5. The first-order valence-electron chi connectivity index (χ1n) is 12.9. The number of carbonyl (C=O) groups is 2. The summed E-state index contributed by atoms with van der Waals surface area (Å²) in [7, 11) is 6.35. The van der Waals surface area contributed by atoms with E-state index in [4.69, 9.17) is 9.47 Å². The molecule has 1 rings (SSSR count). The Bertz CT molecular complexity index is 542. The summed E-state index contributed by atoms with van der Waals surface area (Å²) in [4.78, 5) is 26.8. The Morgan fingerprint density at radius 3 is 1.82 bits per heavy atom. The van der Waals surface area contributed by atoms with Crippen LogP contribution in [0.2, 0.25) is 0 Å². The highest BCUT2D eigenvalue weighted by atomic mass is 79.9. The molecule has 0 radical (unpaired) electrons. The Morgan fingerprint density at radius 1 is 0.824 bits per heavy atom. The molecule has 0 N–H and O–H groups in total. The fourth-order valence-electron chi connectivity index (χ4n) is 4.04. The van der Waals surface area contributed by atoms with Crippen LogP contribution >= 0.6 is 0 Å². The van der Waals surface area contributed by atoms with Crippen LogP contribution in [0.4, 0.5) is 0 Å². The van der Waals surface area contributed by atoms with E-state index in [-0.39, 0.29) is 45.9 Å². The predicted octanol–water partition coefficient (Wildman–Crippen LogP) is -2.92. The number of rotatable bonds is 17. The first-order valence-corrected chi connectivity index (χ1v) is 12.9. The SMILES string of the molecule is CCCCCCOC(=O)C[N+](C)(C)CCN1CC[N+](C)(CC(=O)OCCCCCC)CC1.[Br-].[Br-]. The van der Waals surface area contributed by atoms with Gasteiger partial charge in [-0.05, 0) is 12.8 Å². The number of unbranched alkanes of at least 4 members (excludes halogenated alkanes) is 6. The molecule has 1 aliphatic rings. The van der Waals surface area contributed by atoms with E-state index in [1.807, 2.05) is 0 Å². The maximum atomic E-state index is 12.2. The lowest BCUT2D eigenvalue weighted by atomic mass is 10.2. The highest BCUT2D eigenvalue weighted by Crippen LogP contribution is 2.12. The molecule has 1 aliphatic heterocycles. The third-order valence-corrected chi connectivity index (χ3v) is 6.52. The summed E-state index contributed by atoms with van der Waals surface area (Å²) in [6.07, 6.45) is 8.99. The molecule has 204 valence electrons. The van der Waals surface area contributed by atoms with E-state index >= 15 is 0 Å². The highest BCUT2D eigenvalue weighted by Gasteiger charge is 2.32. The standard InChI is InChI=1S/C25H51N3O4.2BrH/c1-6-8-10-12-20-31-24(29)22-27(3,4)17-14-26-15-18-28(5,19-16-26)23-25(30)32-21-13-11-9-7-2;;/h6-23H2,1-5H3;2*1H/q+2;;/p-2. The highest BCUT2D eigenvalue weighted by molar-refractivity contribution is 5.70. The van der Waals surface area contributed by atoms with Crippen LogP contribution in [0.1, 0.15) is 65.2 Å². The maximum absolute atomic E-state index is 12.2. The second-order valence-electron chi connectivity index (χ2n) is 10.4. The van der Waals surface area contributed by atoms with Crippen LogP contribution in [-0.2, 0) is 19.1 Å². The summed E-state index contributed by atoms with van der Waals surface area (Å²) in [5.41, 5.74) is 0. The lowest BCUT2D eigenvalue weighted by Crippen LogP contribution is -3.00. The number of esters is 2. The molecule has 0 atom stereocenters. The van der Waals surface area contributed by atoms with Gasteiger partial charge in [-0.15, -0.1) is 0 Å². The van der Waals surface area contributed by atoms with Gasteiger partial charge in [0.05, 0.1) is 54.0 Å². The van der Waals surface area contributed by atoms with E-state index in [1.54, 1.807) is 0 Å². The van der Waals surface area contributed by atoms with Crippen molar-refractivity contribution in [2.45, 2.75) is 65.2 Å². The van der Waals surface area contributed by atoms with Crippen molar-refractivity contribution in [2.75, 3.05) is 86.7 Å². The van der Waals surface area contributed by atoms with Crippen molar-refractivity contribution in [3.8, 4) is 0 Å². The first kappa shape index (κ1) is 35.9. The third-order valence-electron chi connectivity index (χ3n) is 6.52. The van der Waals surface area contributed by atoms with Gasteiger partial charge in [0.15, 0.2) is 13.1 Å². The van der Waals surface area contributed by atoms with Gasteiger partial charge in [0.25, 0.3) is 0 Å². The second kappa shape index (κ2) is 19.9. The predicted molar refractivity (Wildman–Crippen MR) is 129 cm³/mol. The maximum Gasteiger partial charge on any atom is 0.361 e. The summed E-state index contributed by atoms with van der Waals surface area (Å²) in [5, 5.41) is 0. The van der Waals surface area contributed by atoms with Gasteiger partial charge >= 0.3 is 11.9 Å². The summed E-state index contributed by atoms with van der Waals surface area (Å²) in [5.74, 6) is -0.161. The van der Waals surface area contributed by atoms with Crippen LogP contribution in [-0.4, -0.2) is 113 Å². The molecule has 0 aromatic carbocycles. The zero-order valence-electron chi connectivity index (χ0n) is 22.5. The Morgan fingerprint density at radius 2 is 1.32 bits per heavy atom. The Hall–Kier alpha value is -0.220. The van der Waals surface area contributed by atoms with Crippen LogP contribution in [0.25, 0.3) is 0 Å². The van der Waals surface area contributed by atoms with Gasteiger partial charge in [-0.1, -0.05) is 52.4 Å². The average molecular weight is 618 g/mol. The molecule has 0 spiro atoms. The zero-order chi connectivity index (χ0) is 23.9. The quantitative estimate of drug-likeness (QED) is 0.0996. The number of hydrogen-bond donors (Lipinski definition) is 0. The minimum absolute atomic E-state index is 0. The van der Waals surface area contributed by atoms with Gasteiger partial charge in [-0.2, -0.15) is 0 Å². The molecule has 1 fully saturated rings. The number of likely N-dealkylation sites (N-methyl/N-ethyl adjacent to an activating group) is 2. The molecule has 0 saturated carbocycles. The van der Waals surface area contributed by atoms with Gasteiger partial charge < -0.3 is 52.4 Å². The van der Waals surface area contributed by atoms with Crippen molar-refractivity contribution in [3.63, 3.8) is 0 Å². The molecule has 0 aliphatic carbocycles. The number of ether oxygens (including phenoxy) is 2. The van der Waals surface area contributed by atoms with Crippen molar-refractivity contribution in [2.24, 2.45) is 0 Å². The van der Waals surface area contributed by atoms with E-state index in [1.165, 1.54) is 25.7 Å². The smallest absolute Gasteiger partial charge is 0.361 e. The Balaban J connectivity index is 0. The topological polar surface area (TPSA) is 55.8 Å². The summed E-state index contributed by atoms with van der Waals surface area (Å²) in [6, 6.07) is 0. The summed E-state index contributed by atoms with van der Waals surface area (Å²) >= 11 is 0. The molecule has 0 unspecified atom stereocenters. The molecule has 1 saturated heterocycles. The van der Waals surface area contributed by atoms with Gasteiger partial charge in [0.1, 0.15) is 0 Å². The van der Waals surface area contributed by atoms with E-state index in [0.717, 1.165) is 69.4 Å². The van der Waals surface area contributed by atoms with E-state index in [0.29, 0.717) is 30.8 Å².